The summed E-state index contributed by atoms with van der Waals surface area (Å²) in [6.07, 6.45) is 1.84. The van der Waals surface area contributed by atoms with Crippen LogP contribution in [-0.2, 0) is 4.79 Å². The largest absolute Gasteiger partial charge is 0.494 e. The van der Waals surface area contributed by atoms with Crippen LogP contribution in [0.3, 0.4) is 0 Å². The number of carboxylic acid groups (broad SMARTS) is 1. The average molecular weight is 427 g/mol. The zero-order chi connectivity index (χ0) is 22.3. The molecule has 1 spiro atoms. The number of carbonyl (C=O) groups is 2. The van der Waals surface area contributed by atoms with Crippen LogP contribution in [0.2, 0.25) is 0 Å². The Hall–Kier alpha value is -3.16. The minimum absolute atomic E-state index is 0.165. The van der Waals surface area contributed by atoms with Crippen LogP contribution in [0.25, 0.3) is 11.1 Å². The van der Waals surface area contributed by atoms with Crippen LogP contribution in [0.15, 0.2) is 30.5 Å². The molecule has 0 unspecified atom stereocenters. The Labute approximate surface area is 180 Å². The van der Waals surface area contributed by atoms with Crippen molar-refractivity contribution >= 4 is 12.0 Å². The number of carbonyl (C=O) groups excluding carboxylic acids is 1. The Morgan fingerprint density at radius 2 is 2.10 bits per heavy atom. The van der Waals surface area contributed by atoms with E-state index in [2.05, 4.69) is 4.98 Å². The molecule has 2 atom stereocenters. The van der Waals surface area contributed by atoms with Crippen molar-refractivity contribution in [2.75, 3.05) is 20.2 Å². The molecule has 2 fully saturated rings. The van der Waals surface area contributed by atoms with Crippen LogP contribution in [0, 0.1) is 12.7 Å². The maximum Gasteiger partial charge on any atom is 0.408 e. The molecule has 2 saturated heterocycles. The summed E-state index contributed by atoms with van der Waals surface area (Å²) in [5, 5.41) is 10.0. The van der Waals surface area contributed by atoms with Crippen molar-refractivity contribution in [1.29, 1.82) is 0 Å². The third-order valence-electron chi connectivity index (χ3n) is 6.51. The number of likely N-dealkylation sites (tertiary alicyclic amines) is 2. The van der Waals surface area contributed by atoms with Gasteiger partial charge in [-0.2, -0.15) is 0 Å². The molecule has 2 aliphatic heterocycles. The number of benzene rings is 1. The van der Waals surface area contributed by atoms with Crippen LogP contribution in [0.4, 0.5) is 9.18 Å². The summed E-state index contributed by atoms with van der Waals surface area (Å²) in [6.45, 7) is 4.66. The van der Waals surface area contributed by atoms with E-state index >= 15 is 0 Å². The van der Waals surface area contributed by atoms with Gasteiger partial charge in [-0.15, -0.1) is 0 Å². The van der Waals surface area contributed by atoms with Gasteiger partial charge in [0.25, 0.3) is 0 Å². The number of hydrogen-bond acceptors (Lipinski definition) is 4. The molecule has 2 amide bonds. The fraction of sp³-hybridized carbons (Fsp3) is 0.435. The molecule has 2 aliphatic rings. The standard InChI is InChI=1S/C23H26FN3O4/c1-4-31-15-5-6-18(24)17(13-15)16-8-11-25-20(14(16)2)19-7-9-23(27(19)22(29)30)10-12-26(3)21(23)28/h5-6,8,11,13,19H,4,7,9-10,12H2,1-3H3,(H,29,30)/t19-,23-/m1/s1. The second-order valence-electron chi connectivity index (χ2n) is 8.16. The number of amides is 2. The van der Waals surface area contributed by atoms with Crippen LogP contribution < -0.4 is 4.74 Å². The maximum atomic E-state index is 14.7. The van der Waals surface area contributed by atoms with Crippen LogP contribution in [-0.4, -0.2) is 57.6 Å². The molecule has 1 aromatic carbocycles. The number of aromatic nitrogens is 1. The normalized spacial score (nSPS) is 23.1. The van der Waals surface area contributed by atoms with Crippen LogP contribution >= 0.6 is 0 Å². The third kappa shape index (κ3) is 3.30. The zero-order valence-corrected chi connectivity index (χ0v) is 17.9. The van der Waals surface area contributed by atoms with Crippen molar-refractivity contribution in [2.45, 2.75) is 44.7 Å². The minimum atomic E-state index is -1.14. The second kappa shape index (κ2) is 7.83. The Morgan fingerprint density at radius 3 is 2.74 bits per heavy atom. The predicted molar refractivity (Wildman–Crippen MR) is 112 cm³/mol. The number of rotatable bonds is 4. The van der Waals surface area contributed by atoms with E-state index in [1.54, 1.807) is 36.3 Å². The van der Waals surface area contributed by atoms with Gasteiger partial charge in [-0.25, -0.2) is 9.18 Å². The summed E-state index contributed by atoms with van der Waals surface area (Å²) in [4.78, 5) is 32.5. The van der Waals surface area contributed by atoms with E-state index in [1.165, 1.54) is 11.0 Å². The summed E-state index contributed by atoms with van der Waals surface area (Å²) in [5.41, 5.74) is 1.21. The monoisotopic (exact) mass is 427 g/mol. The number of ether oxygens (including phenoxy) is 1. The van der Waals surface area contributed by atoms with Gasteiger partial charge < -0.3 is 14.7 Å². The maximum absolute atomic E-state index is 14.7. The quantitative estimate of drug-likeness (QED) is 0.797. The molecule has 7 nitrogen and oxygen atoms in total. The summed E-state index contributed by atoms with van der Waals surface area (Å²) < 4.78 is 20.2. The molecule has 0 saturated carbocycles. The highest BCUT2D eigenvalue weighted by Crippen LogP contribution is 2.48. The number of likely N-dealkylation sites (N-methyl/N-ethyl adjacent to an activating group) is 1. The summed E-state index contributed by atoms with van der Waals surface area (Å²) in [5.74, 6) is -0.000757. The van der Waals surface area contributed by atoms with Gasteiger partial charge in [0.15, 0.2) is 0 Å². The SMILES string of the molecule is CCOc1ccc(F)c(-c2ccnc([C@H]3CC[C@]4(CCN(C)C4=O)N3C(=O)O)c2C)c1. The molecule has 0 aliphatic carbocycles. The van der Waals surface area contributed by atoms with Crippen LogP contribution in [0.1, 0.15) is 43.5 Å². The highest BCUT2D eigenvalue weighted by Gasteiger charge is 2.58. The van der Waals surface area contributed by atoms with E-state index < -0.39 is 23.5 Å². The van der Waals surface area contributed by atoms with Crippen molar-refractivity contribution in [2.24, 2.45) is 0 Å². The first-order chi connectivity index (χ1) is 14.8. The van der Waals surface area contributed by atoms with E-state index in [1.807, 2.05) is 13.8 Å². The number of pyridine rings is 1. The van der Waals surface area contributed by atoms with Crippen molar-refractivity contribution in [3.8, 4) is 16.9 Å². The lowest BCUT2D eigenvalue weighted by Crippen LogP contribution is -2.52. The first-order valence-electron chi connectivity index (χ1n) is 10.5. The second-order valence-corrected chi connectivity index (χ2v) is 8.16. The first kappa shape index (κ1) is 21.1. The van der Waals surface area contributed by atoms with E-state index in [0.717, 1.165) is 0 Å². The van der Waals surface area contributed by atoms with Gasteiger partial charge in [-0.1, -0.05) is 0 Å². The average Bonchev–Trinajstić information content (AvgIpc) is 3.26. The molecule has 164 valence electrons. The molecular formula is C23H26FN3O4. The van der Waals surface area contributed by atoms with Crippen LogP contribution in [0.5, 0.6) is 5.75 Å². The first-order valence-corrected chi connectivity index (χ1v) is 10.5. The lowest BCUT2D eigenvalue weighted by molar-refractivity contribution is -0.135. The molecule has 1 N–H and O–H groups in total. The Bertz CT molecular complexity index is 1040. The molecular weight excluding hydrogens is 401 g/mol. The topological polar surface area (TPSA) is 83.0 Å². The molecule has 8 heteroatoms. The Kier molecular flexibility index (Phi) is 5.33. The van der Waals surface area contributed by atoms with Gasteiger partial charge in [-0.05, 0) is 68.5 Å². The fourth-order valence-electron chi connectivity index (χ4n) is 5.02. The Morgan fingerprint density at radius 1 is 1.32 bits per heavy atom. The zero-order valence-electron chi connectivity index (χ0n) is 17.9. The molecule has 1 aromatic heterocycles. The van der Waals surface area contributed by atoms with E-state index in [4.69, 9.17) is 4.74 Å². The molecule has 0 radical (unpaired) electrons. The van der Waals surface area contributed by atoms with Gasteiger partial charge >= 0.3 is 6.09 Å². The smallest absolute Gasteiger partial charge is 0.408 e. The number of hydrogen-bond donors (Lipinski definition) is 1. The summed E-state index contributed by atoms with van der Waals surface area (Å²) >= 11 is 0. The fourth-order valence-corrected chi connectivity index (χ4v) is 5.02. The molecule has 3 heterocycles. The van der Waals surface area contributed by atoms with Gasteiger partial charge in [0.2, 0.25) is 5.91 Å². The molecule has 0 bridgehead atoms. The minimum Gasteiger partial charge on any atom is -0.494 e. The van der Waals surface area contributed by atoms with E-state index in [0.29, 0.717) is 60.5 Å². The van der Waals surface area contributed by atoms with Gasteiger partial charge in [-0.3, -0.25) is 14.7 Å². The van der Waals surface area contributed by atoms with E-state index in [-0.39, 0.29) is 5.91 Å². The lowest BCUT2D eigenvalue weighted by Gasteiger charge is -2.34. The van der Waals surface area contributed by atoms with E-state index in [9.17, 15) is 19.1 Å². The van der Waals surface area contributed by atoms with Crippen molar-refractivity contribution in [1.82, 2.24) is 14.8 Å². The predicted octanol–water partition coefficient (Wildman–Crippen LogP) is 4.01. The van der Waals surface area contributed by atoms with Gasteiger partial charge in [0.05, 0.1) is 18.3 Å². The highest BCUT2D eigenvalue weighted by molar-refractivity contribution is 5.92. The number of halogens is 1. The third-order valence-corrected chi connectivity index (χ3v) is 6.51. The summed E-state index contributed by atoms with van der Waals surface area (Å²) in [7, 11) is 1.70. The summed E-state index contributed by atoms with van der Waals surface area (Å²) in [6, 6.07) is 5.74. The van der Waals surface area contributed by atoms with Gasteiger partial charge in [0.1, 0.15) is 17.1 Å². The lowest BCUT2D eigenvalue weighted by atomic mass is 9.94. The molecule has 2 aromatic rings. The molecule has 4 rings (SSSR count). The highest BCUT2D eigenvalue weighted by atomic mass is 19.1. The van der Waals surface area contributed by atoms with Crippen molar-refractivity contribution in [3.05, 3.63) is 47.5 Å². The van der Waals surface area contributed by atoms with Crippen molar-refractivity contribution < 1.29 is 23.8 Å². The number of nitrogens with zero attached hydrogens (tertiary/aromatic N) is 3. The Balaban J connectivity index is 1.78. The van der Waals surface area contributed by atoms with Gasteiger partial charge in [0, 0.05) is 25.4 Å². The molecule has 31 heavy (non-hydrogen) atoms. The van der Waals surface area contributed by atoms with Crippen molar-refractivity contribution in [3.63, 3.8) is 0 Å².